The van der Waals surface area contributed by atoms with Gasteiger partial charge in [0.1, 0.15) is 5.03 Å². The zero-order valence-electron chi connectivity index (χ0n) is 10.2. The topological polar surface area (TPSA) is 25.8 Å². The maximum atomic E-state index is 4.25. The molecule has 0 atom stereocenters. The fourth-order valence-electron chi connectivity index (χ4n) is 1.61. The number of aromatic nitrogens is 2. The van der Waals surface area contributed by atoms with Crippen LogP contribution >= 0.6 is 11.8 Å². The second-order valence-electron chi connectivity index (χ2n) is 3.74. The van der Waals surface area contributed by atoms with Crippen LogP contribution < -0.4 is 0 Å². The highest BCUT2D eigenvalue weighted by molar-refractivity contribution is 7.99. The lowest BCUT2D eigenvalue weighted by atomic mass is 10.1. The number of nitrogens with zero attached hydrogens (tertiary/aromatic N) is 2. The third-order valence-corrected chi connectivity index (χ3v) is 3.39. The van der Waals surface area contributed by atoms with Crippen LogP contribution in [0.4, 0.5) is 0 Å². The van der Waals surface area contributed by atoms with E-state index in [-0.39, 0.29) is 0 Å². The van der Waals surface area contributed by atoms with Gasteiger partial charge in [0.05, 0.1) is 5.69 Å². The van der Waals surface area contributed by atoms with Crippen molar-refractivity contribution < 1.29 is 0 Å². The normalized spacial score (nSPS) is 10.5. The second-order valence-corrected chi connectivity index (χ2v) is 5.02. The summed E-state index contributed by atoms with van der Waals surface area (Å²) in [7, 11) is 0. The Labute approximate surface area is 106 Å². The minimum Gasteiger partial charge on any atom is -0.149 e. The van der Waals surface area contributed by atoms with Crippen LogP contribution in [0.25, 0.3) is 11.3 Å². The van der Waals surface area contributed by atoms with Gasteiger partial charge in [0.2, 0.25) is 0 Å². The van der Waals surface area contributed by atoms with Crippen molar-refractivity contribution in [2.75, 3.05) is 5.75 Å². The zero-order chi connectivity index (χ0) is 12.1. The van der Waals surface area contributed by atoms with Crippen LogP contribution in [0, 0.1) is 0 Å². The minimum absolute atomic E-state index is 0.938. The van der Waals surface area contributed by atoms with Gasteiger partial charge < -0.3 is 0 Å². The molecule has 88 valence electrons. The van der Waals surface area contributed by atoms with Crippen LogP contribution in [0.3, 0.4) is 0 Å². The first kappa shape index (κ1) is 12.1. The van der Waals surface area contributed by atoms with Crippen molar-refractivity contribution in [1.29, 1.82) is 0 Å². The summed E-state index contributed by atoms with van der Waals surface area (Å²) >= 11 is 1.71. The van der Waals surface area contributed by atoms with E-state index in [1.807, 2.05) is 12.1 Å². The van der Waals surface area contributed by atoms with E-state index in [0.29, 0.717) is 0 Å². The molecule has 0 saturated carbocycles. The van der Waals surface area contributed by atoms with Crippen LogP contribution in [0.1, 0.15) is 19.4 Å². The molecule has 0 unspecified atom stereocenters. The van der Waals surface area contributed by atoms with Crippen LogP contribution in [0.5, 0.6) is 0 Å². The standard InChI is InChI=1S/C14H16N2S/c1-3-11-5-7-12(8-6-11)13-9-10-14(16-15-13)17-4-2/h5-10H,3-4H2,1-2H3. The molecule has 2 rings (SSSR count). The molecule has 17 heavy (non-hydrogen) atoms. The lowest BCUT2D eigenvalue weighted by Gasteiger charge is -2.02. The largest absolute Gasteiger partial charge is 0.149 e. The van der Waals surface area contributed by atoms with Gasteiger partial charge in [0.25, 0.3) is 0 Å². The lowest BCUT2D eigenvalue weighted by Crippen LogP contribution is -1.90. The first-order valence-corrected chi connectivity index (χ1v) is 6.88. The third kappa shape index (κ3) is 3.07. The molecule has 0 aliphatic carbocycles. The number of rotatable bonds is 4. The van der Waals surface area contributed by atoms with Crippen molar-refractivity contribution in [3.63, 3.8) is 0 Å². The smallest absolute Gasteiger partial charge is 0.119 e. The molecule has 2 nitrogen and oxygen atoms in total. The average Bonchev–Trinajstić information content (AvgIpc) is 2.40. The summed E-state index contributed by atoms with van der Waals surface area (Å²) in [5, 5.41) is 9.44. The Bertz CT molecular complexity index is 463. The molecular weight excluding hydrogens is 228 g/mol. The molecule has 0 spiro atoms. The number of benzene rings is 1. The van der Waals surface area contributed by atoms with Crippen molar-refractivity contribution >= 4 is 11.8 Å². The van der Waals surface area contributed by atoms with Gasteiger partial charge in [-0.25, -0.2) is 0 Å². The Kier molecular flexibility index (Phi) is 4.15. The summed E-state index contributed by atoms with van der Waals surface area (Å²) in [5.41, 5.74) is 3.41. The summed E-state index contributed by atoms with van der Waals surface area (Å²) in [4.78, 5) is 0. The minimum atomic E-state index is 0.938. The summed E-state index contributed by atoms with van der Waals surface area (Å²) in [5.74, 6) is 1.03. The Hall–Kier alpha value is -1.35. The fourth-order valence-corrected chi connectivity index (χ4v) is 2.17. The average molecular weight is 244 g/mol. The van der Waals surface area contributed by atoms with Crippen LogP contribution in [0.15, 0.2) is 41.4 Å². The van der Waals surface area contributed by atoms with E-state index in [1.165, 1.54) is 5.56 Å². The zero-order valence-corrected chi connectivity index (χ0v) is 11.0. The summed E-state index contributed by atoms with van der Waals surface area (Å²) in [6, 6.07) is 12.6. The van der Waals surface area contributed by atoms with E-state index < -0.39 is 0 Å². The summed E-state index contributed by atoms with van der Waals surface area (Å²) < 4.78 is 0. The molecule has 1 aromatic carbocycles. The van der Waals surface area contributed by atoms with E-state index in [4.69, 9.17) is 0 Å². The third-order valence-electron chi connectivity index (χ3n) is 2.59. The maximum Gasteiger partial charge on any atom is 0.119 e. The van der Waals surface area contributed by atoms with Gasteiger partial charge in [-0.3, -0.25) is 0 Å². The van der Waals surface area contributed by atoms with Gasteiger partial charge in [-0.2, -0.15) is 0 Å². The second kappa shape index (κ2) is 5.82. The Morgan fingerprint density at radius 3 is 2.24 bits per heavy atom. The predicted octanol–water partition coefficient (Wildman–Crippen LogP) is 3.82. The number of hydrogen-bond acceptors (Lipinski definition) is 3. The fraction of sp³-hybridized carbons (Fsp3) is 0.286. The molecular formula is C14H16N2S. The number of aryl methyl sites for hydroxylation is 1. The van der Waals surface area contributed by atoms with Gasteiger partial charge in [-0.05, 0) is 29.9 Å². The maximum absolute atomic E-state index is 4.25. The predicted molar refractivity (Wildman–Crippen MR) is 73.2 cm³/mol. The molecule has 0 N–H and O–H groups in total. The van der Waals surface area contributed by atoms with Crippen molar-refractivity contribution in [3.8, 4) is 11.3 Å². The van der Waals surface area contributed by atoms with Gasteiger partial charge in [0.15, 0.2) is 0 Å². The molecule has 0 saturated heterocycles. The molecule has 0 bridgehead atoms. The Morgan fingerprint density at radius 2 is 1.71 bits per heavy atom. The first-order valence-electron chi connectivity index (χ1n) is 5.89. The SMILES string of the molecule is CCSc1ccc(-c2ccc(CC)cc2)nn1. The highest BCUT2D eigenvalue weighted by Crippen LogP contribution is 2.20. The molecule has 3 heteroatoms. The summed E-state index contributed by atoms with van der Waals surface area (Å²) in [6.45, 7) is 4.27. The van der Waals surface area contributed by atoms with Crippen LogP contribution in [0.2, 0.25) is 0 Å². The van der Waals surface area contributed by atoms with E-state index in [1.54, 1.807) is 11.8 Å². The number of hydrogen-bond donors (Lipinski definition) is 0. The van der Waals surface area contributed by atoms with E-state index in [0.717, 1.165) is 28.5 Å². The molecule has 0 aliphatic heterocycles. The monoisotopic (exact) mass is 244 g/mol. The van der Waals surface area contributed by atoms with Crippen molar-refractivity contribution in [2.24, 2.45) is 0 Å². The molecule has 2 aromatic rings. The quantitative estimate of drug-likeness (QED) is 0.765. The summed E-state index contributed by atoms with van der Waals surface area (Å²) in [6.07, 6.45) is 1.07. The number of thioether (sulfide) groups is 1. The van der Waals surface area contributed by atoms with E-state index in [2.05, 4.69) is 48.3 Å². The van der Waals surface area contributed by atoms with Crippen molar-refractivity contribution in [2.45, 2.75) is 25.3 Å². The van der Waals surface area contributed by atoms with Crippen molar-refractivity contribution in [3.05, 3.63) is 42.0 Å². The van der Waals surface area contributed by atoms with Gasteiger partial charge >= 0.3 is 0 Å². The Balaban J connectivity index is 2.20. The molecule has 1 heterocycles. The van der Waals surface area contributed by atoms with Gasteiger partial charge in [-0.1, -0.05) is 38.1 Å². The van der Waals surface area contributed by atoms with Crippen LogP contribution in [-0.2, 0) is 6.42 Å². The first-order chi connectivity index (χ1) is 8.33. The highest BCUT2D eigenvalue weighted by Gasteiger charge is 2.01. The van der Waals surface area contributed by atoms with E-state index >= 15 is 0 Å². The van der Waals surface area contributed by atoms with Crippen molar-refractivity contribution in [1.82, 2.24) is 10.2 Å². The Morgan fingerprint density at radius 1 is 0.941 bits per heavy atom. The van der Waals surface area contributed by atoms with E-state index in [9.17, 15) is 0 Å². The highest BCUT2D eigenvalue weighted by atomic mass is 32.2. The lowest BCUT2D eigenvalue weighted by molar-refractivity contribution is 0.936. The molecule has 0 aliphatic rings. The van der Waals surface area contributed by atoms with Crippen LogP contribution in [-0.4, -0.2) is 16.0 Å². The molecule has 0 amide bonds. The molecule has 1 aromatic heterocycles. The van der Waals surface area contributed by atoms with Gasteiger partial charge in [0, 0.05) is 5.56 Å². The molecule has 0 radical (unpaired) electrons. The molecule has 0 fully saturated rings. The van der Waals surface area contributed by atoms with Gasteiger partial charge in [-0.15, -0.1) is 22.0 Å².